The van der Waals surface area contributed by atoms with Gasteiger partial charge in [-0.1, -0.05) is 34.8 Å². The van der Waals surface area contributed by atoms with E-state index in [-0.39, 0.29) is 15.9 Å². The number of hydrogen-bond acceptors (Lipinski definition) is 4. The zero-order valence-corrected chi connectivity index (χ0v) is 12.0. The maximum absolute atomic E-state index is 11.3. The predicted molar refractivity (Wildman–Crippen MR) is 75.9 cm³/mol. The van der Waals surface area contributed by atoms with Crippen LogP contribution in [0.4, 0.5) is 5.69 Å². The summed E-state index contributed by atoms with van der Waals surface area (Å²) in [6.07, 6.45) is 3.47. The van der Waals surface area contributed by atoms with Crippen molar-refractivity contribution in [2.75, 3.05) is 4.90 Å². The second-order valence-corrected chi connectivity index (χ2v) is 5.13. The number of carbonyl (C=O) groups excluding carboxylic acids is 1. The number of hydrogen-bond donors (Lipinski definition) is 1. The Balaban J connectivity index is 2.58. The van der Waals surface area contributed by atoms with Crippen LogP contribution in [0.5, 0.6) is 0 Å². The van der Waals surface area contributed by atoms with Gasteiger partial charge in [0, 0.05) is 24.0 Å². The molecule has 1 aromatic rings. The minimum absolute atomic E-state index is 0.0320. The lowest BCUT2D eigenvalue weighted by Crippen LogP contribution is -2.38. The third-order valence-electron chi connectivity index (χ3n) is 2.70. The molecule has 1 aliphatic heterocycles. The van der Waals surface area contributed by atoms with E-state index >= 15 is 0 Å². The number of rotatable bonds is 2. The first-order valence-electron chi connectivity index (χ1n) is 5.28. The lowest BCUT2D eigenvalue weighted by atomic mass is 10.1. The molecule has 0 saturated carbocycles. The number of aldehydes is 1. The molecule has 7 heteroatoms. The Morgan fingerprint density at radius 2 is 2.11 bits per heavy atom. The predicted octanol–water partition coefficient (Wildman–Crippen LogP) is 3.69. The van der Waals surface area contributed by atoms with Crippen molar-refractivity contribution in [3.63, 3.8) is 0 Å². The molecule has 1 aromatic heterocycles. The van der Waals surface area contributed by atoms with Gasteiger partial charge in [-0.05, 0) is 6.92 Å². The normalized spacial score (nSPS) is 19.5. The van der Waals surface area contributed by atoms with Crippen molar-refractivity contribution in [1.29, 1.82) is 0 Å². The number of anilines is 1. The molecule has 4 nitrogen and oxygen atoms in total. The zero-order valence-electron chi connectivity index (χ0n) is 9.77. The van der Waals surface area contributed by atoms with Gasteiger partial charge in [-0.2, -0.15) is 0 Å². The van der Waals surface area contributed by atoms with E-state index in [1.165, 1.54) is 18.3 Å². The van der Waals surface area contributed by atoms with Gasteiger partial charge in [-0.15, -0.1) is 0 Å². The summed E-state index contributed by atoms with van der Waals surface area (Å²) in [6.45, 7) is 1.72. The van der Waals surface area contributed by atoms with E-state index in [0.29, 0.717) is 22.7 Å². The van der Waals surface area contributed by atoms with Gasteiger partial charge >= 0.3 is 0 Å². The minimum Gasteiger partial charge on any atom is -0.507 e. The molecule has 0 fully saturated rings. The highest BCUT2D eigenvalue weighted by Crippen LogP contribution is 2.36. The first-order chi connectivity index (χ1) is 8.95. The maximum Gasteiger partial charge on any atom is 0.148 e. The zero-order chi connectivity index (χ0) is 14.2. The van der Waals surface area contributed by atoms with Gasteiger partial charge in [0.1, 0.15) is 23.2 Å². The Labute approximate surface area is 124 Å². The molecular weight excluding hydrogens is 311 g/mol. The molecule has 0 bridgehead atoms. The molecule has 19 heavy (non-hydrogen) atoms. The van der Waals surface area contributed by atoms with Crippen LogP contribution >= 0.6 is 34.8 Å². The number of halogens is 3. The lowest BCUT2D eigenvalue weighted by molar-refractivity contribution is -0.108. The highest BCUT2D eigenvalue weighted by atomic mass is 35.5. The number of aromatic nitrogens is 1. The Morgan fingerprint density at radius 1 is 1.42 bits per heavy atom. The third kappa shape index (κ3) is 2.56. The van der Waals surface area contributed by atoms with Crippen LogP contribution in [0.25, 0.3) is 0 Å². The smallest absolute Gasteiger partial charge is 0.148 e. The van der Waals surface area contributed by atoms with Gasteiger partial charge in [0.05, 0.1) is 15.7 Å². The summed E-state index contributed by atoms with van der Waals surface area (Å²) in [6, 6.07) is 0.687. The molecule has 2 rings (SSSR count). The first-order valence-corrected chi connectivity index (χ1v) is 6.41. The molecule has 0 aliphatic carbocycles. The lowest BCUT2D eigenvalue weighted by Gasteiger charge is -2.34. The molecule has 100 valence electrons. The second kappa shape index (κ2) is 5.41. The fourth-order valence-electron chi connectivity index (χ4n) is 1.87. The fraction of sp³-hybridized carbons (Fsp3) is 0.167. The monoisotopic (exact) mass is 318 g/mol. The molecular formula is C12H9Cl3N2O2. The number of aliphatic hydroxyl groups excluding tert-OH is 1. The quantitative estimate of drug-likeness (QED) is 0.667. The maximum atomic E-state index is 11.3. The van der Waals surface area contributed by atoms with Crippen LogP contribution in [0.15, 0.2) is 34.8 Å². The van der Waals surface area contributed by atoms with Crippen molar-refractivity contribution >= 4 is 46.8 Å². The van der Waals surface area contributed by atoms with E-state index in [0.717, 1.165) is 0 Å². The molecule has 0 radical (unpaired) electrons. The molecule has 0 aromatic carbocycles. The van der Waals surface area contributed by atoms with Gasteiger partial charge in [0.15, 0.2) is 0 Å². The summed E-state index contributed by atoms with van der Waals surface area (Å²) in [5.41, 5.74) is 1.11. The molecule has 0 spiro atoms. The van der Waals surface area contributed by atoms with Gasteiger partial charge in [-0.3, -0.25) is 0 Å². The van der Waals surface area contributed by atoms with E-state index in [9.17, 15) is 9.90 Å². The van der Waals surface area contributed by atoms with Crippen LogP contribution in [0, 0.1) is 0 Å². The Bertz CT molecular complexity index is 599. The third-order valence-corrected chi connectivity index (χ3v) is 3.61. The van der Waals surface area contributed by atoms with E-state index in [1.54, 1.807) is 11.8 Å². The summed E-state index contributed by atoms with van der Waals surface area (Å²) in [7, 11) is 0. The highest BCUT2D eigenvalue weighted by molar-refractivity contribution is 6.35. The Hall–Kier alpha value is -1.23. The van der Waals surface area contributed by atoms with Crippen LogP contribution in [-0.2, 0) is 4.79 Å². The van der Waals surface area contributed by atoms with Gasteiger partial charge in [0.2, 0.25) is 0 Å². The van der Waals surface area contributed by atoms with Crippen molar-refractivity contribution < 1.29 is 9.90 Å². The summed E-state index contributed by atoms with van der Waals surface area (Å²) in [5.74, 6) is -0.135. The molecule has 1 aliphatic rings. The van der Waals surface area contributed by atoms with E-state index in [4.69, 9.17) is 34.8 Å². The number of carbonyl (C=O) groups is 1. The fourth-order valence-corrected chi connectivity index (χ4v) is 2.42. The Morgan fingerprint density at radius 3 is 2.74 bits per heavy atom. The second-order valence-electron chi connectivity index (χ2n) is 3.93. The van der Waals surface area contributed by atoms with E-state index < -0.39 is 6.04 Å². The molecule has 2 heterocycles. The van der Waals surface area contributed by atoms with Crippen LogP contribution in [0.3, 0.4) is 0 Å². The van der Waals surface area contributed by atoms with Gasteiger partial charge < -0.3 is 14.8 Å². The summed E-state index contributed by atoms with van der Waals surface area (Å²) >= 11 is 17.9. The largest absolute Gasteiger partial charge is 0.507 e. The molecule has 1 atom stereocenters. The topological polar surface area (TPSA) is 53.4 Å². The average Bonchev–Trinajstić information content (AvgIpc) is 2.36. The standard InChI is InChI=1S/C12H9Cl3N2O2/c1-6-2-10(19)12(15)9(5-18)17(6)8-3-11(14)16-4-7(8)13/h2-5,9,19H,1H3. The van der Waals surface area contributed by atoms with Crippen LogP contribution in [0.1, 0.15) is 6.92 Å². The number of allylic oxidation sites excluding steroid dienone is 2. The highest BCUT2D eigenvalue weighted by Gasteiger charge is 2.30. The van der Waals surface area contributed by atoms with Crippen molar-refractivity contribution in [1.82, 2.24) is 4.98 Å². The van der Waals surface area contributed by atoms with Crippen molar-refractivity contribution in [2.45, 2.75) is 13.0 Å². The Kier molecular flexibility index (Phi) is 4.04. The van der Waals surface area contributed by atoms with Crippen LogP contribution in [-0.4, -0.2) is 22.4 Å². The number of pyridine rings is 1. The minimum atomic E-state index is -0.845. The van der Waals surface area contributed by atoms with Crippen molar-refractivity contribution in [2.24, 2.45) is 0 Å². The molecule has 0 saturated heterocycles. The van der Waals surface area contributed by atoms with Gasteiger partial charge in [-0.25, -0.2) is 4.98 Å². The van der Waals surface area contributed by atoms with E-state index in [1.807, 2.05) is 0 Å². The van der Waals surface area contributed by atoms with Crippen molar-refractivity contribution in [3.8, 4) is 0 Å². The first kappa shape index (κ1) is 14.2. The number of aliphatic hydroxyl groups is 1. The molecule has 0 amide bonds. The van der Waals surface area contributed by atoms with E-state index in [2.05, 4.69) is 4.98 Å². The number of nitrogens with zero attached hydrogens (tertiary/aromatic N) is 2. The van der Waals surface area contributed by atoms with Crippen LogP contribution < -0.4 is 4.90 Å². The van der Waals surface area contributed by atoms with Crippen LogP contribution in [0.2, 0.25) is 10.2 Å². The SMILES string of the molecule is CC1=CC(O)=C(Cl)C(C=O)N1c1cc(Cl)ncc1Cl. The summed E-state index contributed by atoms with van der Waals surface area (Å²) in [4.78, 5) is 16.7. The summed E-state index contributed by atoms with van der Waals surface area (Å²) in [5, 5.41) is 10.3. The summed E-state index contributed by atoms with van der Waals surface area (Å²) < 4.78 is 0. The van der Waals surface area contributed by atoms with Crippen molar-refractivity contribution in [3.05, 3.63) is 45.0 Å². The average molecular weight is 320 g/mol. The van der Waals surface area contributed by atoms with Gasteiger partial charge in [0.25, 0.3) is 0 Å². The molecule has 1 N–H and O–H groups in total. The molecule has 1 unspecified atom stereocenters.